The number of hydrogen-bond donors (Lipinski definition) is 0. The van der Waals surface area contributed by atoms with E-state index in [1.165, 1.54) is 6.07 Å². The Kier molecular flexibility index (Phi) is 3.81. The van der Waals surface area contributed by atoms with Gasteiger partial charge in [-0.2, -0.15) is 0 Å². The quantitative estimate of drug-likeness (QED) is 0.761. The van der Waals surface area contributed by atoms with Crippen LogP contribution >= 0.6 is 15.9 Å². The van der Waals surface area contributed by atoms with Gasteiger partial charge in [-0.05, 0) is 59.0 Å². The van der Waals surface area contributed by atoms with Gasteiger partial charge < -0.3 is 4.79 Å². The summed E-state index contributed by atoms with van der Waals surface area (Å²) in [5.74, 6) is -0.256. The molecular weight excluding hydrogens is 247 g/mol. The second kappa shape index (κ2) is 4.69. The van der Waals surface area contributed by atoms with E-state index in [2.05, 4.69) is 15.9 Å². The summed E-state index contributed by atoms with van der Waals surface area (Å²) in [6.45, 7) is 3.81. The lowest BCUT2D eigenvalue weighted by Crippen LogP contribution is -1.98. The molecule has 0 saturated heterocycles. The van der Waals surface area contributed by atoms with Crippen molar-refractivity contribution in [3.05, 3.63) is 33.0 Å². The molecule has 0 N–H and O–H groups in total. The van der Waals surface area contributed by atoms with E-state index in [9.17, 15) is 9.18 Å². The zero-order valence-corrected chi connectivity index (χ0v) is 9.82. The van der Waals surface area contributed by atoms with Gasteiger partial charge >= 0.3 is 0 Å². The molecule has 14 heavy (non-hydrogen) atoms. The highest BCUT2D eigenvalue weighted by molar-refractivity contribution is 9.10. The number of carbonyl (C=O) groups excluding carboxylic acids is 1. The van der Waals surface area contributed by atoms with Gasteiger partial charge in [0, 0.05) is 6.42 Å². The minimum absolute atomic E-state index is 0.256. The molecule has 0 aliphatic heterocycles. The van der Waals surface area contributed by atoms with Crippen molar-refractivity contribution in [3.63, 3.8) is 0 Å². The standard InChI is InChI=1S/C11H12BrFO/c1-7-6-10(13)11(12)9(8(7)2)4-3-5-14/h5-6H,3-4H2,1-2H3. The van der Waals surface area contributed by atoms with Crippen LogP contribution in [-0.4, -0.2) is 6.29 Å². The highest BCUT2D eigenvalue weighted by Gasteiger charge is 2.10. The van der Waals surface area contributed by atoms with Crippen LogP contribution in [0.2, 0.25) is 0 Å². The van der Waals surface area contributed by atoms with Gasteiger partial charge in [0.1, 0.15) is 12.1 Å². The Labute approximate surface area is 91.5 Å². The van der Waals surface area contributed by atoms with Crippen molar-refractivity contribution < 1.29 is 9.18 Å². The third-order valence-electron chi connectivity index (χ3n) is 2.37. The Bertz CT molecular complexity index is 335. The van der Waals surface area contributed by atoms with E-state index in [0.29, 0.717) is 17.3 Å². The van der Waals surface area contributed by atoms with Crippen LogP contribution in [0.1, 0.15) is 23.1 Å². The second-order valence-corrected chi connectivity index (χ2v) is 4.09. The summed E-state index contributed by atoms with van der Waals surface area (Å²) >= 11 is 3.20. The fourth-order valence-electron chi connectivity index (χ4n) is 1.41. The first-order valence-corrected chi connectivity index (χ1v) is 5.25. The number of carbonyl (C=O) groups is 1. The van der Waals surface area contributed by atoms with Crippen molar-refractivity contribution in [1.29, 1.82) is 0 Å². The molecule has 0 aliphatic rings. The van der Waals surface area contributed by atoms with Crippen LogP contribution in [0.15, 0.2) is 10.5 Å². The molecular formula is C11H12BrFO. The highest BCUT2D eigenvalue weighted by atomic mass is 79.9. The van der Waals surface area contributed by atoms with Crippen LogP contribution in [0, 0.1) is 19.7 Å². The lowest BCUT2D eigenvalue weighted by atomic mass is 9.99. The summed E-state index contributed by atoms with van der Waals surface area (Å²) in [4.78, 5) is 10.3. The van der Waals surface area contributed by atoms with Crippen molar-refractivity contribution in [2.24, 2.45) is 0 Å². The molecule has 0 saturated carbocycles. The molecule has 1 aromatic rings. The summed E-state index contributed by atoms with van der Waals surface area (Å²) in [5, 5.41) is 0. The smallest absolute Gasteiger partial charge is 0.137 e. The lowest BCUT2D eigenvalue weighted by molar-refractivity contribution is -0.107. The SMILES string of the molecule is Cc1cc(F)c(Br)c(CCC=O)c1C. The first kappa shape index (κ1) is 11.4. The predicted octanol–water partition coefficient (Wildman–Crippen LogP) is 3.34. The van der Waals surface area contributed by atoms with E-state index < -0.39 is 0 Å². The maximum atomic E-state index is 13.3. The summed E-state index contributed by atoms with van der Waals surface area (Å²) in [5.41, 5.74) is 2.88. The Morgan fingerprint density at radius 1 is 1.50 bits per heavy atom. The second-order valence-electron chi connectivity index (χ2n) is 3.30. The number of aldehydes is 1. The fraction of sp³-hybridized carbons (Fsp3) is 0.364. The van der Waals surface area contributed by atoms with Crippen molar-refractivity contribution in [2.75, 3.05) is 0 Å². The summed E-state index contributed by atoms with van der Waals surface area (Å²) < 4.78 is 13.8. The third-order valence-corrected chi connectivity index (χ3v) is 3.23. The lowest BCUT2D eigenvalue weighted by Gasteiger charge is -2.10. The first-order chi connectivity index (χ1) is 6.57. The Morgan fingerprint density at radius 3 is 2.71 bits per heavy atom. The number of aryl methyl sites for hydroxylation is 1. The largest absolute Gasteiger partial charge is 0.303 e. The molecule has 0 bridgehead atoms. The van der Waals surface area contributed by atoms with Crippen molar-refractivity contribution in [3.8, 4) is 0 Å². The van der Waals surface area contributed by atoms with Gasteiger partial charge in [-0.3, -0.25) is 0 Å². The first-order valence-electron chi connectivity index (χ1n) is 4.45. The van der Waals surface area contributed by atoms with Crippen LogP contribution in [-0.2, 0) is 11.2 Å². The Balaban J connectivity index is 3.17. The molecule has 0 atom stereocenters. The summed E-state index contributed by atoms with van der Waals surface area (Å²) in [6, 6.07) is 1.50. The van der Waals surface area contributed by atoms with Crippen LogP contribution in [0.5, 0.6) is 0 Å². The van der Waals surface area contributed by atoms with Gasteiger partial charge in [-0.15, -0.1) is 0 Å². The molecule has 0 spiro atoms. The van der Waals surface area contributed by atoms with E-state index in [0.717, 1.165) is 23.0 Å². The molecule has 0 aromatic heterocycles. The van der Waals surface area contributed by atoms with Crippen LogP contribution in [0.25, 0.3) is 0 Å². The number of benzene rings is 1. The van der Waals surface area contributed by atoms with Crippen LogP contribution in [0.3, 0.4) is 0 Å². The van der Waals surface area contributed by atoms with Crippen LogP contribution < -0.4 is 0 Å². The molecule has 76 valence electrons. The van der Waals surface area contributed by atoms with Crippen molar-refractivity contribution in [2.45, 2.75) is 26.7 Å². The maximum absolute atomic E-state index is 13.3. The average Bonchev–Trinajstić information content (AvgIpc) is 2.15. The van der Waals surface area contributed by atoms with E-state index in [4.69, 9.17) is 0 Å². The molecule has 0 amide bonds. The maximum Gasteiger partial charge on any atom is 0.137 e. The zero-order valence-electron chi connectivity index (χ0n) is 8.23. The van der Waals surface area contributed by atoms with Gasteiger partial charge in [0.2, 0.25) is 0 Å². The Morgan fingerprint density at radius 2 is 2.14 bits per heavy atom. The van der Waals surface area contributed by atoms with Gasteiger partial charge in [0.15, 0.2) is 0 Å². The Hall–Kier alpha value is -0.700. The number of rotatable bonds is 3. The van der Waals surface area contributed by atoms with E-state index in [1.54, 1.807) is 0 Å². The van der Waals surface area contributed by atoms with Gasteiger partial charge in [0.05, 0.1) is 4.47 Å². The molecule has 1 aromatic carbocycles. The summed E-state index contributed by atoms with van der Waals surface area (Å²) in [7, 11) is 0. The molecule has 3 heteroatoms. The van der Waals surface area contributed by atoms with E-state index in [-0.39, 0.29) is 5.82 Å². The number of hydrogen-bond acceptors (Lipinski definition) is 1. The minimum Gasteiger partial charge on any atom is -0.303 e. The predicted molar refractivity (Wildman–Crippen MR) is 58.0 cm³/mol. The third kappa shape index (κ3) is 2.21. The van der Waals surface area contributed by atoms with Gasteiger partial charge in [-0.25, -0.2) is 4.39 Å². The van der Waals surface area contributed by atoms with Crippen molar-refractivity contribution in [1.82, 2.24) is 0 Å². The normalized spacial score (nSPS) is 10.3. The molecule has 0 unspecified atom stereocenters. The minimum atomic E-state index is -0.256. The molecule has 0 radical (unpaired) electrons. The number of halogens is 2. The molecule has 1 nitrogen and oxygen atoms in total. The van der Waals surface area contributed by atoms with Crippen molar-refractivity contribution >= 4 is 22.2 Å². The average molecular weight is 259 g/mol. The fourth-order valence-corrected chi connectivity index (χ4v) is 2.02. The monoisotopic (exact) mass is 258 g/mol. The van der Waals surface area contributed by atoms with Crippen LogP contribution in [0.4, 0.5) is 4.39 Å². The topological polar surface area (TPSA) is 17.1 Å². The van der Waals surface area contributed by atoms with E-state index in [1.807, 2.05) is 13.8 Å². The van der Waals surface area contributed by atoms with Gasteiger partial charge in [-0.1, -0.05) is 0 Å². The molecule has 0 fully saturated rings. The van der Waals surface area contributed by atoms with Gasteiger partial charge in [0.25, 0.3) is 0 Å². The summed E-state index contributed by atoms with van der Waals surface area (Å²) in [6.07, 6.45) is 1.88. The molecule has 0 aliphatic carbocycles. The molecule has 0 heterocycles. The highest BCUT2D eigenvalue weighted by Crippen LogP contribution is 2.27. The molecule has 1 rings (SSSR count). The van der Waals surface area contributed by atoms with E-state index >= 15 is 0 Å². The zero-order chi connectivity index (χ0) is 10.7.